The maximum Gasteiger partial charge on any atom is 0.123 e. The molecule has 126 valence electrons. The molecule has 1 aromatic rings. The number of hydrogen-bond acceptors (Lipinski definition) is 3. The lowest BCUT2D eigenvalue weighted by Crippen LogP contribution is -2.27. The Hall–Kier alpha value is -1.06. The average molecular weight is 307 g/mol. The first-order chi connectivity index (χ1) is 10.0. The Kier molecular flexibility index (Phi) is 6.05. The van der Waals surface area contributed by atoms with Crippen LogP contribution < -0.4 is 0 Å². The summed E-state index contributed by atoms with van der Waals surface area (Å²) in [5.74, 6) is 0.425. The lowest BCUT2D eigenvalue weighted by Gasteiger charge is -2.29. The highest BCUT2D eigenvalue weighted by molar-refractivity contribution is 5.49. The minimum absolute atomic E-state index is 0.103. The predicted molar refractivity (Wildman–Crippen MR) is 93.5 cm³/mol. The molecule has 1 aromatic carbocycles. The Morgan fingerprint density at radius 2 is 1.41 bits per heavy atom. The highest BCUT2D eigenvalue weighted by atomic mass is 16.3. The molecular weight excluding hydrogens is 274 g/mol. The third-order valence-corrected chi connectivity index (χ3v) is 4.06. The summed E-state index contributed by atoms with van der Waals surface area (Å²) in [6.07, 6.45) is 0. The molecule has 0 aromatic heterocycles. The highest BCUT2D eigenvalue weighted by Gasteiger charge is 2.26. The lowest BCUT2D eigenvalue weighted by atomic mass is 9.78. The first-order valence-corrected chi connectivity index (χ1v) is 8.20. The molecule has 22 heavy (non-hydrogen) atoms. The van der Waals surface area contributed by atoms with Crippen LogP contribution in [0.2, 0.25) is 0 Å². The van der Waals surface area contributed by atoms with E-state index in [-0.39, 0.29) is 17.4 Å². The van der Waals surface area contributed by atoms with Crippen LogP contribution >= 0.6 is 0 Å². The fraction of sp³-hybridized carbons (Fsp3) is 0.684. The summed E-state index contributed by atoms with van der Waals surface area (Å²) < 4.78 is 0. The summed E-state index contributed by atoms with van der Waals surface area (Å²) >= 11 is 0. The zero-order valence-electron chi connectivity index (χ0n) is 15.3. The number of phenols is 1. The second-order valence-corrected chi connectivity index (χ2v) is 8.13. The molecule has 0 fully saturated rings. The molecule has 0 radical (unpaired) electrons. The molecular formula is C19H33NO2. The van der Waals surface area contributed by atoms with Gasteiger partial charge in [0.1, 0.15) is 5.75 Å². The van der Waals surface area contributed by atoms with Crippen molar-refractivity contribution >= 4 is 0 Å². The summed E-state index contributed by atoms with van der Waals surface area (Å²) in [4.78, 5) is 2.21. The number of aromatic hydroxyl groups is 1. The van der Waals surface area contributed by atoms with E-state index in [4.69, 9.17) is 0 Å². The van der Waals surface area contributed by atoms with Crippen molar-refractivity contribution in [3.63, 3.8) is 0 Å². The van der Waals surface area contributed by atoms with E-state index >= 15 is 0 Å². The molecule has 0 amide bonds. The van der Waals surface area contributed by atoms with E-state index in [1.54, 1.807) is 0 Å². The van der Waals surface area contributed by atoms with E-state index in [9.17, 15) is 10.2 Å². The van der Waals surface area contributed by atoms with Gasteiger partial charge in [0, 0.05) is 13.1 Å². The van der Waals surface area contributed by atoms with E-state index < -0.39 is 0 Å². The molecule has 3 nitrogen and oxygen atoms in total. The molecule has 0 aliphatic heterocycles. The predicted octanol–water partition coefficient (Wildman–Crippen LogP) is 3.80. The highest BCUT2D eigenvalue weighted by Crippen LogP contribution is 2.39. The molecule has 0 saturated heterocycles. The molecule has 0 saturated carbocycles. The zero-order valence-corrected chi connectivity index (χ0v) is 15.3. The maximum absolute atomic E-state index is 10.7. The number of hydrogen-bond donors (Lipinski definition) is 2. The summed E-state index contributed by atoms with van der Waals surface area (Å²) in [6.45, 7) is 17.4. The molecule has 0 unspecified atom stereocenters. The molecule has 0 aliphatic rings. The molecule has 2 N–H and O–H groups in total. The van der Waals surface area contributed by atoms with Crippen molar-refractivity contribution in [1.29, 1.82) is 0 Å². The minimum atomic E-state index is -0.103. The number of phenolic OH excluding ortho intramolecular Hbond substituents is 1. The minimum Gasteiger partial charge on any atom is -0.507 e. The number of rotatable bonds is 5. The van der Waals surface area contributed by atoms with Crippen molar-refractivity contribution in [2.24, 2.45) is 0 Å². The number of aliphatic hydroxyl groups excluding tert-OH is 1. The fourth-order valence-corrected chi connectivity index (χ4v) is 2.68. The van der Waals surface area contributed by atoms with Gasteiger partial charge in [0.2, 0.25) is 0 Å². The van der Waals surface area contributed by atoms with E-state index in [0.29, 0.717) is 12.3 Å². The van der Waals surface area contributed by atoms with Gasteiger partial charge in [0.05, 0.1) is 6.61 Å². The number of nitrogens with zero attached hydrogens (tertiary/aromatic N) is 1. The second-order valence-electron chi connectivity index (χ2n) is 8.13. The Morgan fingerprint density at radius 1 is 0.955 bits per heavy atom. The van der Waals surface area contributed by atoms with Crippen molar-refractivity contribution in [2.75, 3.05) is 19.7 Å². The fourth-order valence-electron chi connectivity index (χ4n) is 2.68. The van der Waals surface area contributed by atoms with Crippen LogP contribution in [0.25, 0.3) is 0 Å². The Morgan fingerprint density at radius 3 is 1.73 bits per heavy atom. The van der Waals surface area contributed by atoms with Crippen LogP contribution in [0.5, 0.6) is 5.75 Å². The molecule has 0 heterocycles. The van der Waals surface area contributed by atoms with E-state index in [2.05, 4.69) is 65.5 Å². The smallest absolute Gasteiger partial charge is 0.123 e. The van der Waals surface area contributed by atoms with E-state index in [0.717, 1.165) is 24.2 Å². The van der Waals surface area contributed by atoms with Gasteiger partial charge < -0.3 is 10.2 Å². The quantitative estimate of drug-likeness (QED) is 0.869. The van der Waals surface area contributed by atoms with Gasteiger partial charge in [-0.25, -0.2) is 0 Å². The normalized spacial score (nSPS) is 13.0. The van der Waals surface area contributed by atoms with Crippen LogP contribution in [0.15, 0.2) is 12.1 Å². The van der Waals surface area contributed by atoms with Gasteiger partial charge in [-0.1, -0.05) is 60.6 Å². The van der Waals surface area contributed by atoms with E-state index in [1.165, 1.54) is 5.56 Å². The molecule has 0 bridgehead atoms. The van der Waals surface area contributed by atoms with Crippen LogP contribution in [0.1, 0.15) is 65.2 Å². The van der Waals surface area contributed by atoms with Crippen molar-refractivity contribution in [3.05, 3.63) is 28.8 Å². The van der Waals surface area contributed by atoms with Gasteiger partial charge in [-0.15, -0.1) is 0 Å². The number of likely N-dealkylation sites (N-methyl/N-ethyl adjacent to an activating group) is 1. The number of aliphatic hydroxyl groups is 1. The zero-order chi connectivity index (χ0) is 17.1. The van der Waals surface area contributed by atoms with Gasteiger partial charge >= 0.3 is 0 Å². The van der Waals surface area contributed by atoms with Gasteiger partial charge in [0.15, 0.2) is 0 Å². The maximum atomic E-state index is 10.7. The topological polar surface area (TPSA) is 43.7 Å². The van der Waals surface area contributed by atoms with Crippen LogP contribution in [0, 0.1) is 0 Å². The third-order valence-electron chi connectivity index (χ3n) is 4.06. The third kappa shape index (κ3) is 4.72. The van der Waals surface area contributed by atoms with Crippen molar-refractivity contribution in [1.82, 2.24) is 4.90 Å². The average Bonchev–Trinajstić information content (AvgIpc) is 2.37. The summed E-state index contributed by atoms with van der Waals surface area (Å²) in [7, 11) is 0. The van der Waals surface area contributed by atoms with Crippen LogP contribution in [-0.2, 0) is 17.4 Å². The summed E-state index contributed by atoms with van der Waals surface area (Å²) in [6, 6.07) is 4.23. The lowest BCUT2D eigenvalue weighted by molar-refractivity contribution is 0.196. The van der Waals surface area contributed by atoms with Crippen LogP contribution in [0.4, 0.5) is 0 Å². The Labute approximate surface area is 136 Å². The molecule has 0 atom stereocenters. The Balaban J connectivity index is 3.35. The first-order valence-electron chi connectivity index (χ1n) is 8.20. The first kappa shape index (κ1) is 19.0. The Bertz CT molecular complexity index is 460. The second kappa shape index (κ2) is 7.01. The molecule has 1 rings (SSSR count). The number of benzene rings is 1. The van der Waals surface area contributed by atoms with E-state index in [1.807, 2.05) is 0 Å². The molecule has 0 aliphatic carbocycles. The van der Waals surface area contributed by atoms with Crippen LogP contribution in [0.3, 0.4) is 0 Å². The summed E-state index contributed by atoms with van der Waals surface area (Å²) in [5.41, 5.74) is 2.98. The van der Waals surface area contributed by atoms with Crippen molar-refractivity contribution < 1.29 is 10.2 Å². The van der Waals surface area contributed by atoms with Crippen molar-refractivity contribution in [3.8, 4) is 5.75 Å². The van der Waals surface area contributed by atoms with Crippen LogP contribution in [-0.4, -0.2) is 34.8 Å². The summed E-state index contributed by atoms with van der Waals surface area (Å²) in [5, 5.41) is 19.9. The molecule has 3 heteroatoms. The molecule has 0 spiro atoms. The van der Waals surface area contributed by atoms with Gasteiger partial charge in [0.25, 0.3) is 0 Å². The van der Waals surface area contributed by atoms with Gasteiger partial charge in [-0.05, 0) is 34.1 Å². The van der Waals surface area contributed by atoms with Gasteiger partial charge in [-0.3, -0.25) is 4.90 Å². The standard InChI is InChI=1S/C19H33NO2/c1-8-20(9-10-21)13-14-11-15(18(2,3)4)17(22)16(12-14)19(5,6)7/h11-12,21-22H,8-10,13H2,1-7H3. The SMILES string of the molecule is CCN(CCO)Cc1cc(C(C)(C)C)c(O)c(C(C)(C)C)c1. The van der Waals surface area contributed by atoms with Crippen molar-refractivity contribution in [2.45, 2.75) is 65.8 Å². The monoisotopic (exact) mass is 307 g/mol. The van der Waals surface area contributed by atoms with Gasteiger partial charge in [-0.2, -0.15) is 0 Å². The largest absolute Gasteiger partial charge is 0.507 e.